The highest BCUT2D eigenvalue weighted by Gasteiger charge is 2.86. The molecular formula is C23H32F3NO7. The van der Waals surface area contributed by atoms with Crippen LogP contribution in [0.5, 0.6) is 0 Å². The van der Waals surface area contributed by atoms with Crippen LogP contribution in [0, 0.1) is 29.1 Å². The van der Waals surface area contributed by atoms with E-state index in [1.807, 2.05) is 0 Å². The summed E-state index contributed by atoms with van der Waals surface area (Å²) in [4.78, 5) is 42.6. The lowest BCUT2D eigenvalue weighted by molar-refractivity contribution is -0.151. The highest BCUT2D eigenvalue weighted by atomic mass is 19.2. The number of carboxylic acid groups (broad SMARTS) is 3. The molecule has 0 aliphatic heterocycles. The fraction of sp³-hybridized carbons (Fsp3) is 0.739. The Bertz CT molecular complexity index is 914. The van der Waals surface area contributed by atoms with Crippen molar-refractivity contribution in [3.63, 3.8) is 0 Å². The van der Waals surface area contributed by atoms with Crippen LogP contribution >= 0.6 is 0 Å². The maximum absolute atomic E-state index is 14.1. The SMILES string of the molecule is C/C(F)=C/CCC(=O)O.CC1(C)C[C@@](N)(C(=O)O)[C@H]2[C@@H]1[C@]2(F)C(=O)O.C[C@@]1(F)[C@@H]2C(=O)CC[C@@H]21. The Labute approximate surface area is 195 Å². The second-order valence-electron chi connectivity index (χ2n) is 10.5. The third kappa shape index (κ3) is 4.85. The molecule has 0 bridgehead atoms. The number of aliphatic carboxylic acids is 3. The van der Waals surface area contributed by atoms with E-state index in [0.717, 1.165) is 6.42 Å². The van der Waals surface area contributed by atoms with Crippen LogP contribution in [0.2, 0.25) is 0 Å². The molecule has 0 saturated heterocycles. The van der Waals surface area contributed by atoms with Gasteiger partial charge < -0.3 is 21.1 Å². The summed E-state index contributed by atoms with van der Waals surface area (Å²) in [5.41, 5.74) is -0.386. The number of halogens is 3. The van der Waals surface area contributed by atoms with Crippen molar-refractivity contribution in [2.75, 3.05) is 0 Å². The molecule has 4 saturated carbocycles. The lowest BCUT2D eigenvalue weighted by Crippen LogP contribution is -2.53. The number of Topliss-reactive ketones (excluding diaryl/α,β-unsaturated/α-hetero) is 1. The number of ketones is 1. The van der Waals surface area contributed by atoms with Gasteiger partial charge in [-0.25, -0.2) is 18.0 Å². The molecule has 34 heavy (non-hydrogen) atoms. The number of nitrogens with two attached hydrogens (primary N) is 1. The van der Waals surface area contributed by atoms with Crippen LogP contribution in [0.15, 0.2) is 11.9 Å². The van der Waals surface area contributed by atoms with Gasteiger partial charge in [-0.2, -0.15) is 0 Å². The average molecular weight is 492 g/mol. The number of carboxylic acids is 3. The summed E-state index contributed by atoms with van der Waals surface area (Å²) in [6.07, 6.45) is 3.04. The first-order valence-electron chi connectivity index (χ1n) is 11.0. The van der Waals surface area contributed by atoms with Gasteiger partial charge in [-0.3, -0.25) is 14.4 Å². The monoisotopic (exact) mass is 491 g/mol. The van der Waals surface area contributed by atoms with Crippen molar-refractivity contribution in [3.8, 4) is 0 Å². The van der Waals surface area contributed by atoms with Crippen LogP contribution in [0.4, 0.5) is 13.2 Å². The zero-order valence-corrected chi connectivity index (χ0v) is 19.6. The first-order valence-corrected chi connectivity index (χ1v) is 11.0. The summed E-state index contributed by atoms with van der Waals surface area (Å²) in [5, 5.41) is 25.9. The summed E-state index contributed by atoms with van der Waals surface area (Å²) < 4.78 is 38.9. The second kappa shape index (κ2) is 8.98. The van der Waals surface area contributed by atoms with Gasteiger partial charge in [0.25, 0.3) is 0 Å². The minimum absolute atomic E-state index is 0.00125. The lowest BCUT2D eigenvalue weighted by atomic mass is 9.78. The topological polar surface area (TPSA) is 155 Å². The predicted octanol–water partition coefficient (Wildman–Crippen LogP) is 3.29. The first kappa shape index (κ1) is 27.8. The summed E-state index contributed by atoms with van der Waals surface area (Å²) in [6.45, 7) is 6.15. The Balaban J connectivity index is 0.000000194. The lowest BCUT2D eigenvalue weighted by Gasteiger charge is -2.30. The van der Waals surface area contributed by atoms with E-state index >= 15 is 0 Å². The molecule has 4 fully saturated rings. The minimum Gasteiger partial charge on any atom is -0.481 e. The average Bonchev–Trinajstić information content (AvgIpc) is 3.34. The van der Waals surface area contributed by atoms with Crippen molar-refractivity contribution >= 4 is 23.7 Å². The Morgan fingerprint density at radius 2 is 1.65 bits per heavy atom. The molecule has 8 nitrogen and oxygen atoms in total. The van der Waals surface area contributed by atoms with Crippen LogP contribution in [-0.4, -0.2) is 55.9 Å². The van der Waals surface area contributed by atoms with Gasteiger partial charge in [-0.15, -0.1) is 0 Å². The molecule has 0 aromatic heterocycles. The van der Waals surface area contributed by atoms with Crippen LogP contribution in [0.1, 0.15) is 59.8 Å². The highest BCUT2D eigenvalue weighted by Crippen LogP contribution is 2.73. The number of rotatable bonds is 5. The van der Waals surface area contributed by atoms with E-state index in [1.54, 1.807) is 20.8 Å². The Morgan fingerprint density at radius 1 is 1.09 bits per heavy atom. The minimum atomic E-state index is -2.48. The third-order valence-corrected chi connectivity index (χ3v) is 7.46. The number of fused-ring (bicyclic) bond motifs is 2. The van der Waals surface area contributed by atoms with E-state index in [0.29, 0.717) is 6.42 Å². The van der Waals surface area contributed by atoms with Crippen LogP contribution in [0.3, 0.4) is 0 Å². The number of hydrogen-bond donors (Lipinski definition) is 4. The van der Waals surface area contributed by atoms with Crippen LogP contribution in [0.25, 0.3) is 0 Å². The number of carbonyl (C=O) groups excluding carboxylic acids is 1. The van der Waals surface area contributed by atoms with Crippen LogP contribution in [-0.2, 0) is 19.2 Å². The van der Waals surface area contributed by atoms with Crippen molar-refractivity contribution < 1.29 is 47.7 Å². The molecule has 7 atom stereocenters. The van der Waals surface area contributed by atoms with Gasteiger partial charge in [-0.05, 0) is 38.5 Å². The van der Waals surface area contributed by atoms with E-state index in [1.165, 1.54) is 13.0 Å². The largest absolute Gasteiger partial charge is 0.481 e. The van der Waals surface area contributed by atoms with Gasteiger partial charge in [0, 0.05) is 30.6 Å². The van der Waals surface area contributed by atoms with Gasteiger partial charge in [0.1, 0.15) is 17.0 Å². The fourth-order valence-corrected chi connectivity index (χ4v) is 5.90. The standard InChI is InChI=1S/C10H14FNO4.C7H9FO.C6H9FO2/c1-8(2)3-9(12,6(13)14)5-4(8)10(5,11)7(15)16;1-7(8)4-2-3-5(9)6(4)7;1-5(7)3-2-4-6(8)9/h4-5H,3,12H2,1-2H3,(H,13,14)(H,15,16);4,6H,2-3H2,1H3;3H,2,4H2,1H3,(H,8,9)/b;;5-3-/t4-,5+,9-,10+;4-,6-,7-;/m00./s1. The number of alkyl halides is 2. The summed E-state index contributed by atoms with van der Waals surface area (Å²) in [6, 6.07) is 0. The van der Waals surface area contributed by atoms with Gasteiger partial charge in [-0.1, -0.05) is 19.9 Å². The van der Waals surface area contributed by atoms with Crippen molar-refractivity contribution in [1.29, 1.82) is 0 Å². The molecule has 0 amide bonds. The summed E-state index contributed by atoms with van der Waals surface area (Å²) in [7, 11) is 0. The van der Waals surface area contributed by atoms with E-state index in [9.17, 15) is 32.3 Å². The Kier molecular flexibility index (Phi) is 7.34. The Hall–Kier alpha value is -2.43. The maximum Gasteiger partial charge on any atom is 0.342 e. The normalized spacial score (nSPS) is 40.6. The summed E-state index contributed by atoms with van der Waals surface area (Å²) in [5.74, 6) is -6.06. The summed E-state index contributed by atoms with van der Waals surface area (Å²) >= 11 is 0. The van der Waals surface area contributed by atoms with Crippen LogP contribution < -0.4 is 5.73 Å². The smallest absolute Gasteiger partial charge is 0.342 e. The van der Waals surface area contributed by atoms with Crippen molar-refractivity contribution in [3.05, 3.63) is 11.9 Å². The molecule has 11 heteroatoms. The quantitative estimate of drug-likeness (QED) is 0.457. The molecule has 192 valence electrons. The molecule has 0 aromatic carbocycles. The maximum atomic E-state index is 14.1. The molecule has 0 unspecified atom stereocenters. The molecule has 0 heterocycles. The zero-order chi connectivity index (χ0) is 26.4. The number of allylic oxidation sites excluding steroid dienone is 2. The van der Waals surface area contributed by atoms with Gasteiger partial charge in [0.2, 0.25) is 5.67 Å². The van der Waals surface area contributed by atoms with E-state index in [-0.39, 0.29) is 42.7 Å². The molecule has 4 aliphatic rings. The molecule has 0 spiro atoms. The molecule has 5 N–H and O–H groups in total. The van der Waals surface area contributed by atoms with Crippen molar-refractivity contribution in [2.24, 2.45) is 34.8 Å². The molecular weight excluding hydrogens is 459 g/mol. The van der Waals surface area contributed by atoms with E-state index < -0.39 is 52.0 Å². The van der Waals surface area contributed by atoms with Crippen molar-refractivity contribution in [1.82, 2.24) is 0 Å². The fourth-order valence-electron chi connectivity index (χ4n) is 5.90. The van der Waals surface area contributed by atoms with E-state index in [4.69, 9.17) is 21.1 Å². The van der Waals surface area contributed by atoms with Crippen molar-refractivity contribution in [2.45, 2.75) is 76.7 Å². The first-order chi connectivity index (χ1) is 15.3. The molecule has 0 radical (unpaired) electrons. The Morgan fingerprint density at radius 3 is 1.94 bits per heavy atom. The second-order valence-corrected chi connectivity index (χ2v) is 10.5. The molecule has 4 aliphatic carbocycles. The van der Waals surface area contributed by atoms with Gasteiger partial charge >= 0.3 is 17.9 Å². The van der Waals surface area contributed by atoms with Gasteiger partial charge in [0.05, 0.1) is 11.7 Å². The van der Waals surface area contributed by atoms with Gasteiger partial charge in [0.15, 0.2) is 0 Å². The zero-order valence-electron chi connectivity index (χ0n) is 19.6. The number of carbonyl (C=O) groups is 4. The van der Waals surface area contributed by atoms with E-state index in [2.05, 4.69) is 0 Å². The molecule has 4 rings (SSSR count). The predicted molar refractivity (Wildman–Crippen MR) is 114 cm³/mol. The highest BCUT2D eigenvalue weighted by molar-refractivity contribution is 5.90. The third-order valence-electron chi connectivity index (χ3n) is 7.46. The molecule has 0 aromatic rings. The number of hydrogen-bond acceptors (Lipinski definition) is 5.